The van der Waals surface area contributed by atoms with Gasteiger partial charge in [0.05, 0.1) is 13.2 Å². The number of halogens is 1. The normalized spacial score (nSPS) is 18.8. The molecule has 1 saturated heterocycles. The first-order valence-corrected chi connectivity index (χ1v) is 7.98. The van der Waals surface area contributed by atoms with E-state index in [0.717, 1.165) is 19.0 Å². The van der Waals surface area contributed by atoms with Crippen LogP contribution < -0.4 is 5.32 Å². The van der Waals surface area contributed by atoms with Crippen molar-refractivity contribution in [2.45, 2.75) is 39.8 Å². The van der Waals surface area contributed by atoms with Gasteiger partial charge in [-0.25, -0.2) is 0 Å². The fraction of sp³-hybridized carbons (Fsp3) is 0.611. The first kappa shape index (κ1) is 20.2. The summed E-state index contributed by atoms with van der Waals surface area (Å²) in [6.45, 7) is 12.3. The Morgan fingerprint density at radius 3 is 2.39 bits per heavy atom. The largest absolute Gasteiger partial charge is 0.375 e. The summed E-state index contributed by atoms with van der Waals surface area (Å²) >= 11 is 0. The van der Waals surface area contributed by atoms with Gasteiger partial charge in [0.2, 0.25) is 0 Å². The highest BCUT2D eigenvalue weighted by atomic mass is 127. The number of hydrogen-bond acceptors (Lipinski definition) is 2. The molecular weight excluding hydrogens is 401 g/mol. The maximum absolute atomic E-state index is 5.70. The number of guanidine groups is 1. The molecule has 0 unspecified atom stereocenters. The van der Waals surface area contributed by atoms with Gasteiger partial charge in [-0.3, -0.25) is 4.99 Å². The van der Waals surface area contributed by atoms with Gasteiger partial charge in [0.25, 0.3) is 0 Å². The van der Waals surface area contributed by atoms with Crippen LogP contribution in [-0.4, -0.2) is 43.1 Å². The van der Waals surface area contributed by atoms with Gasteiger partial charge >= 0.3 is 0 Å². The van der Waals surface area contributed by atoms with E-state index in [9.17, 15) is 0 Å². The Bertz CT molecular complexity index is 514. The van der Waals surface area contributed by atoms with Crippen molar-refractivity contribution < 1.29 is 4.74 Å². The quantitative estimate of drug-likeness (QED) is 0.336. The number of rotatable bonds is 5. The number of hydrogen-bond donors (Lipinski definition) is 1. The molecule has 0 bridgehead atoms. The van der Waals surface area contributed by atoms with E-state index < -0.39 is 0 Å². The predicted octanol–water partition coefficient (Wildman–Crippen LogP) is 3.52. The summed E-state index contributed by atoms with van der Waals surface area (Å²) in [7, 11) is 1.84. The highest BCUT2D eigenvalue weighted by molar-refractivity contribution is 14.0. The molecule has 1 aliphatic rings. The number of nitrogens with one attached hydrogen (secondary N) is 1. The topological polar surface area (TPSA) is 36.9 Å². The van der Waals surface area contributed by atoms with Crippen LogP contribution in [0.5, 0.6) is 0 Å². The molecule has 5 heteroatoms. The summed E-state index contributed by atoms with van der Waals surface area (Å²) in [6, 6.07) is 10.2. The zero-order valence-electron chi connectivity index (χ0n) is 14.9. The first-order chi connectivity index (χ1) is 10.4. The minimum absolute atomic E-state index is 0. The Labute approximate surface area is 157 Å². The molecule has 2 rings (SSSR count). The second kappa shape index (κ2) is 8.33. The van der Waals surface area contributed by atoms with E-state index in [-0.39, 0.29) is 29.5 Å². The van der Waals surface area contributed by atoms with Crippen LogP contribution in [0.3, 0.4) is 0 Å². The molecule has 0 amide bonds. The Morgan fingerprint density at radius 2 is 1.87 bits per heavy atom. The maximum atomic E-state index is 5.70. The van der Waals surface area contributed by atoms with E-state index in [0.29, 0.717) is 18.6 Å². The minimum Gasteiger partial charge on any atom is -0.375 e. The van der Waals surface area contributed by atoms with Gasteiger partial charge < -0.3 is 15.0 Å². The lowest BCUT2D eigenvalue weighted by Gasteiger charge is -2.62. The molecule has 0 saturated carbocycles. The first-order valence-electron chi connectivity index (χ1n) is 7.98. The SMILES string of the molecule is CN=C(NCCOCc1ccccc1)N1CC(C)(C)C1(C)C.I. The molecule has 1 N–H and O–H groups in total. The van der Waals surface area contributed by atoms with E-state index in [2.05, 4.69) is 55.0 Å². The van der Waals surface area contributed by atoms with Crippen LogP contribution in [0.1, 0.15) is 33.3 Å². The van der Waals surface area contributed by atoms with E-state index in [1.165, 1.54) is 5.56 Å². The molecule has 130 valence electrons. The average molecular weight is 431 g/mol. The summed E-state index contributed by atoms with van der Waals surface area (Å²) in [5.41, 5.74) is 1.64. The fourth-order valence-electron chi connectivity index (χ4n) is 2.69. The summed E-state index contributed by atoms with van der Waals surface area (Å²) in [4.78, 5) is 6.74. The summed E-state index contributed by atoms with van der Waals surface area (Å²) in [5.74, 6) is 0.965. The van der Waals surface area contributed by atoms with Crippen LogP contribution in [-0.2, 0) is 11.3 Å². The third-order valence-electron chi connectivity index (χ3n) is 4.99. The molecule has 0 radical (unpaired) electrons. The van der Waals surface area contributed by atoms with Crippen molar-refractivity contribution in [3.63, 3.8) is 0 Å². The molecule has 1 fully saturated rings. The maximum Gasteiger partial charge on any atom is 0.194 e. The van der Waals surface area contributed by atoms with E-state index in [4.69, 9.17) is 4.74 Å². The lowest BCUT2D eigenvalue weighted by atomic mass is 9.65. The van der Waals surface area contributed by atoms with Gasteiger partial charge in [-0.2, -0.15) is 0 Å². The second-order valence-electron chi connectivity index (χ2n) is 7.04. The van der Waals surface area contributed by atoms with Crippen LogP contribution >= 0.6 is 24.0 Å². The van der Waals surface area contributed by atoms with Crippen LogP contribution in [0, 0.1) is 5.41 Å². The summed E-state index contributed by atoms with van der Waals surface area (Å²) < 4.78 is 5.70. The third-order valence-corrected chi connectivity index (χ3v) is 4.99. The van der Waals surface area contributed by atoms with Gasteiger partial charge in [0.1, 0.15) is 0 Å². The molecule has 1 aromatic rings. The zero-order chi connectivity index (χ0) is 16.2. The predicted molar refractivity (Wildman–Crippen MR) is 107 cm³/mol. The van der Waals surface area contributed by atoms with Gasteiger partial charge in [-0.05, 0) is 19.4 Å². The zero-order valence-corrected chi connectivity index (χ0v) is 17.3. The molecule has 4 nitrogen and oxygen atoms in total. The van der Waals surface area contributed by atoms with E-state index >= 15 is 0 Å². The highest BCUT2D eigenvalue weighted by Crippen LogP contribution is 2.46. The van der Waals surface area contributed by atoms with E-state index in [1.54, 1.807) is 0 Å². The molecule has 0 atom stereocenters. The lowest BCUT2D eigenvalue weighted by molar-refractivity contribution is -0.0669. The smallest absolute Gasteiger partial charge is 0.194 e. The Hall–Kier alpha value is -0.820. The van der Waals surface area contributed by atoms with Crippen molar-refractivity contribution in [3.05, 3.63) is 35.9 Å². The van der Waals surface area contributed by atoms with Gasteiger partial charge in [0.15, 0.2) is 5.96 Å². The van der Waals surface area contributed by atoms with Gasteiger partial charge in [-0.15, -0.1) is 24.0 Å². The minimum atomic E-state index is 0. The molecule has 1 heterocycles. The molecule has 0 spiro atoms. The number of likely N-dealkylation sites (tertiary alicyclic amines) is 1. The Morgan fingerprint density at radius 1 is 1.22 bits per heavy atom. The van der Waals surface area contributed by atoms with Crippen molar-refractivity contribution in [2.75, 3.05) is 26.7 Å². The Kier molecular flexibility index (Phi) is 7.32. The second-order valence-corrected chi connectivity index (χ2v) is 7.04. The molecule has 1 aromatic carbocycles. The van der Waals surface area contributed by atoms with Crippen molar-refractivity contribution in [2.24, 2.45) is 10.4 Å². The number of benzene rings is 1. The fourth-order valence-corrected chi connectivity index (χ4v) is 2.69. The number of aliphatic imine (C=N–C) groups is 1. The Balaban J connectivity index is 0.00000264. The molecule has 23 heavy (non-hydrogen) atoms. The molecule has 1 aliphatic heterocycles. The summed E-state index contributed by atoms with van der Waals surface area (Å²) in [6.07, 6.45) is 0. The molecular formula is C18H30IN3O. The van der Waals surface area contributed by atoms with Crippen molar-refractivity contribution in [1.82, 2.24) is 10.2 Å². The average Bonchev–Trinajstić information content (AvgIpc) is 2.50. The van der Waals surface area contributed by atoms with Crippen LogP contribution in [0.4, 0.5) is 0 Å². The van der Waals surface area contributed by atoms with E-state index in [1.807, 2.05) is 25.2 Å². The lowest BCUT2D eigenvalue weighted by Crippen LogP contribution is -2.72. The van der Waals surface area contributed by atoms with Crippen molar-refractivity contribution in [1.29, 1.82) is 0 Å². The number of nitrogens with zero attached hydrogens (tertiary/aromatic N) is 2. The summed E-state index contributed by atoms with van der Waals surface area (Å²) in [5, 5.41) is 3.40. The molecule has 0 aromatic heterocycles. The van der Waals surface area contributed by atoms with Crippen molar-refractivity contribution >= 4 is 29.9 Å². The standard InChI is InChI=1S/C18H29N3O.HI/c1-17(2)14-21(18(17,3)4)16(19-5)20-11-12-22-13-15-9-7-6-8-10-15;/h6-10H,11-14H2,1-5H3,(H,19,20);1H. The number of ether oxygens (including phenoxy) is 1. The third kappa shape index (κ3) is 4.59. The highest BCUT2D eigenvalue weighted by Gasteiger charge is 2.53. The molecule has 0 aliphatic carbocycles. The van der Waals surface area contributed by atoms with Crippen LogP contribution in [0.2, 0.25) is 0 Å². The van der Waals surface area contributed by atoms with Crippen molar-refractivity contribution in [3.8, 4) is 0 Å². The van der Waals surface area contributed by atoms with Crippen LogP contribution in [0.25, 0.3) is 0 Å². The monoisotopic (exact) mass is 431 g/mol. The van der Waals surface area contributed by atoms with Gasteiger partial charge in [-0.1, -0.05) is 44.2 Å². The van der Waals surface area contributed by atoms with Gasteiger partial charge in [0, 0.05) is 31.1 Å². The van der Waals surface area contributed by atoms with Crippen LogP contribution in [0.15, 0.2) is 35.3 Å².